The Morgan fingerprint density at radius 3 is 2.71 bits per heavy atom. The maximum absolute atomic E-state index is 12.7. The molecule has 5 heteroatoms. The molecule has 1 aromatic carbocycles. The summed E-state index contributed by atoms with van der Waals surface area (Å²) in [4.78, 5) is 22.6. The van der Waals surface area contributed by atoms with Crippen LogP contribution in [0.4, 0.5) is 0 Å². The molecule has 2 aliphatic rings. The zero-order valence-corrected chi connectivity index (χ0v) is 14.4. The highest BCUT2D eigenvalue weighted by Crippen LogP contribution is 2.30. The van der Waals surface area contributed by atoms with Crippen LogP contribution in [-0.4, -0.2) is 52.1 Å². The lowest BCUT2D eigenvalue weighted by atomic mass is 10.1. The summed E-state index contributed by atoms with van der Waals surface area (Å²) in [6.45, 7) is 5.81. The van der Waals surface area contributed by atoms with Crippen LogP contribution in [-0.2, 0) is 7.05 Å². The second kappa shape index (κ2) is 6.65. The van der Waals surface area contributed by atoms with Gasteiger partial charge in [0.25, 0.3) is 5.56 Å². The smallest absolute Gasteiger partial charge is 0.261 e. The second-order valence-corrected chi connectivity index (χ2v) is 7.09. The summed E-state index contributed by atoms with van der Waals surface area (Å²) in [5.41, 5.74) is 0.893. The zero-order chi connectivity index (χ0) is 16.5. The summed E-state index contributed by atoms with van der Waals surface area (Å²) in [6.07, 6.45) is 4.96. The summed E-state index contributed by atoms with van der Waals surface area (Å²) in [6, 6.07) is 7.95. The van der Waals surface area contributed by atoms with E-state index >= 15 is 0 Å². The van der Waals surface area contributed by atoms with Crippen LogP contribution in [0.5, 0.6) is 0 Å². The topological polar surface area (TPSA) is 41.4 Å². The lowest BCUT2D eigenvalue weighted by molar-refractivity contribution is 0.205. The molecule has 2 aromatic rings. The van der Waals surface area contributed by atoms with Crippen molar-refractivity contribution in [2.75, 3.05) is 32.7 Å². The van der Waals surface area contributed by atoms with Crippen molar-refractivity contribution in [2.24, 2.45) is 7.05 Å². The predicted molar refractivity (Wildman–Crippen MR) is 96.2 cm³/mol. The highest BCUT2D eigenvalue weighted by Gasteiger charge is 2.29. The molecule has 128 valence electrons. The average molecular weight is 326 g/mol. The largest absolute Gasteiger partial charge is 0.302 e. The van der Waals surface area contributed by atoms with Gasteiger partial charge in [0.2, 0.25) is 0 Å². The van der Waals surface area contributed by atoms with Gasteiger partial charge in [-0.05, 0) is 57.5 Å². The lowest BCUT2D eigenvalue weighted by Crippen LogP contribution is -2.36. The number of aromatic nitrogens is 2. The molecule has 5 nitrogen and oxygen atoms in total. The van der Waals surface area contributed by atoms with Gasteiger partial charge in [-0.15, -0.1) is 0 Å². The molecule has 0 aliphatic carbocycles. The van der Waals surface area contributed by atoms with Crippen molar-refractivity contribution >= 4 is 10.9 Å². The third-order valence-corrected chi connectivity index (χ3v) is 5.58. The minimum Gasteiger partial charge on any atom is -0.302 e. The molecule has 24 heavy (non-hydrogen) atoms. The summed E-state index contributed by atoms with van der Waals surface area (Å²) in [5.74, 6) is 0.928. The molecule has 4 rings (SSSR count). The second-order valence-electron chi connectivity index (χ2n) is 7.09. The molecule has 0 spiro atoms. The van der Waals surface area contributed by atoms with E-state index < -0.39 is 0 Å². The third kappa shape index (κ3) is 2.87. The minimum atomic E-state index is 0.0713. The summed E-state index contributed by atoms with van der Waals surface area (Å²) in [7, 11) is 1.87. The molecule has 0 amide bonds. The lowest BCUT2D eigenvalue weighted by Gasteiger charge is -2.27. The Morgan fingerprint density at radius 2 is 1.88 bits per heavy atom. The molecule has 3 heterocycles. The molecule has 0 radical (unpaired) electrons. The van der Waals surface area contributed by atoms with Gasteiger partial charge >= 0.3 is 0 Å². The molecule has 2 fully saturated rings. The van der Waals surface area contributed by atoms with Crippen LogP contribution in [0.1, 0.15) is 37.5 Å². The first-order chi connectivity index (χ1) is 11.7. The Hall–Kier alpha value is -1.72. The first-order valence-electron chi connectivity index (χ1n) is 9.16. The van der Waals surface area contributed by atoms with Crippen molar-refractivity contribution in [1.29, 1.82) is 0 Å². The van der Waals surface area contributed by atoms with Gasteiger partial charge in [-0.1, -0.05) is 12.1 Å². The highest BCUT2D eigenvalue weighted by atomic mass is 16.1. The summed E-state index contributed by atoms with van der Waals surface area (Å²) < 4.78 is 1.77. The average Bonchev–Trinajstić information content (AvgIpc) is 3.27. The fraction of sp³-hybridized carbons (Fsp3) is 0.579. The fourth-order valence-electron chi connectivity index (χ4n) is 4.20. The molecule has 2 saturated heterocycles. The van der Waals surface area contributed by atoms with Gasteiger partial charge in [0, 0.05) is 20.1 Å². The normalized spacial score (nSPS) is 22.6. The molecular weight excluding hydrogens is 300 g/mol. The van der Waals surface area contributed by atoms with E-state index in [1.54, 1.807) is 4.57 Å². The van der Waals surface area contributed by atoms with Gasteiger partial charge in [-0.25, -0.2) is 4.98 Å². The molecule has 0 bridgehead atoms. The van der Waals surface area contributed by atoms with E-state index in [0.29, 0.717) is 5.39 Å². The number of hydrogen-bond donors (Lipinski definition) is 0. The zero-order valence-electron chi connectivity index (χ0n) is 14.4. The van der Waals surface area contributed by atoms with Crippen molar-refractivity contribution in [3.8, 4) is 0 Å². The number of benzene rings is 1. The van der Waals surface area contributed by atoms with Crippen LogP contribution < -0.4 is 5.56 Å². The maximum Gasteiger partial charge on any atom is 0.261 e. The van der Waals surface area contributed by atoms with Gasteiger partial charge < -0.3 is 4.90 Å². The van der Waals surface area contributed by atoms with Crippen LogP contribution in [0, 0.1) is 0 Å². The Labute approximate surface area is 142 Å². The Kier molecular flexibility index (Phi) is 4.37. The van der Waals surface area contributed by atoms with E-state index in [0.717, 1.165) is 37.4 Å². The molecule has 1 atom stereocenters. The van der Waals surface area contributed by atoms with Crippen molar-refractivity contribution in [3.05, 3.63) is 40.4 Å². The van der Waals surface area contributed by atoms with Crippen LogP contribution in [0.2, 0.25) is 0 Å². The predicted octanol–water partition coefficient (Wildman–Crippen LogP) is 2.17. The van der Waals surface area contributed by atoms with E-state index in [9.17, 15) is 4.79 Å². The van der Waals surface area contributed by atoms with Crippen molar-refractivity contribution < 1.29 is 0 Å². The maximum atomic E-state index is 12.7. The molecular formula is C19H26N4O. The van der Waals surface area contributed by atoms with Gasteiger partial charge in [0.1, 0.15) is 5.82 Å². The van der Waals surface area contributed by atoms with E-state index in [1.165, 1.54) is 32.4 Å². The molecule has 2 aliphatic heterocycles. The first-order valence-corrected chi connectivity index (χ1v) is 9.16. The number of hydrogen-bond acceptors (Lipinski definition) is 4. The molecule has 0 saturated carbocycles. The Balaban J connectivity index is 1.60. The van der Waals surface area contributed by atoms with Gasteiger partial charge in [-0.3, -0.25) is 14.3 Å². The standard InChI is InChI=1S/C19H26N4O/c1-21-18(20-16-8-3-2-7-15(16)19(21)24)17-9-6-12-23(17)14-13-22-10-4-5-11-22/h2-3,7-8,17H,4-6,9-14H2,1H3. The number of rotatable bonds is 4. The SMILES string of the molecule is Cn1c(C2CCCN2CCN2CCCC2)nc2ccccc2c1=O. The Bertz CT molecular complexity index is 779. The van der Waals surface area contributed by atoms with Crippen molar-refractivity contribution in [1.82, 2.24) is 19.4 Å². The van der Waals surface area contributed by atoms with E-state index in [4.69, 9.17) is 4.98 Å². The summed E-state index contributed by atoms with van der Waals surface area (Å²) >= 11 is 0. The monoisotopic (exact) mass is 326 g/mol. The van der Waals surface area contributed by atoms with E-state index in [-0.39, 0.29) is 11.6 Å². The highest BCUT2D eigenvalue weighted by molar-refractivity contribution is 5.77. The molecule has 1 unspecified atom stereocenters. The van der Waals surface area contributed by atoms with E-state index in [2.05, 4.69) is 9.80 Å². The summed E-state index contributed by atoms with van der Waals surface area (Å²) in [5, 5.41) is 0.713. The molecule has 0 N–H and O–H groups in total. The van der Waals surface area contributed by atoms with Crippen LogP contribution in [0.25, 0.3) is 10.9 Å². The van der Waals surface area contributed by atoms with Crippen LogP contribution >= 0.6 is 0 Å². The molecule has 1 aromatic heterocycles. The fourth-order valence-corrected chi connectivity index (χ4v) is 4.20. The van der Waals surface area contributed by atoms with Gasteiger partial charge in [0.15, 0.2) is 0 Å². The van der Waals surface area contributed by atoms with Crippen LogP contribution in [0.15, 0.2) is 29.1 Å². The minimum absolute atomic E-state index is 0.0713. The number of likely N-dealkylation sites (tertiary alicyclic amines) is 2. The van der Waals surface area contributed by atoms with Gasteiger partial charge in [0.05, 0.1) is 16.9 Å². The number of fused-ring (bicyclic) bond motifs is 1. The first kappa shape index (κ1) is 15.8. The third-order valence-electron chi connectivity index (χ3n) is 5.58. The number of nitrogens with zero attached hydrogens (tertiary/aromatic N) is 4. The van der Waals surface area contributed by atoms with Crippen molar-refractivity contribution in [3.63, 3.8) is 0 Å². The van der Waals surface area contributed by atoms with Crippen molar-refractivity contribution in [2.45, 2.75) is 31.7 Å². The van der Waals surface area contributed by atoms with E-state index in [1.807, 2.05) is 31.3 Å². The Morgan fingerprint density at radius 1 is 1.08 bits per heavy atom. The number of para-hydroxylation sites is 1. The quantitative estimate of drug-likeness (QED) is 0.863. The van der Waals surface area contributed by atoms with Crippen LogP contribution in [0.3, 0.4) is 0 Å². The van der Waals surface area contributed by atoms with Gasteiger partial charge in [-0.2, -0.15) is 0 Å².